The van der Waals surface area contributed by atoms with Gasteiger partial charge in [-0.2, -0.15) is 0 Å². The Balaban J connectivity index is 0.000000779. The van der Waals surface area contributed by atoms with Crippen LogP contribution in [0.3, 0.4) is 0 Å². The van der Waals surface area contributed by atoms with Gasteiger partial charge in [-0.3, -0.25) is 4.79 Å². The maximum Gasteiger partial charge on any atom is 0.410 e. The number of amides is 2. The van der Waals surface area contributed by atoms with Crippen molar-refractivity contribution in [1.82, 2.24) is 9.80 Å². The lowest BCUT2D eigenvalue weighted by Crippen LogP contribution is -2.55. The molecular formula is C45H76N2O7. The highest BCUT2D eigenvalue weighted by Gasteiger charge is 2.85. The molecule has 13 atom stereocenters. The fraction of sp³-hybridized carbons (Fsp3) is 0.933. The number of carbonyl (C=O) groups excluding carboxylic acids is 2. The first-order chi connectivity index (χ1) is 25.7. The van der Waals surface area contributed by atoms with E-state index in [0.717, 1.165) is 45.2 Å². The first kappa shape index (κ1) is 41.6. The molecular weight excluding hydrogens is 681 g/mol. The summed E-state index contributed by atoms with van der Waals surface area (Å²) in [5.74, 6) is 2.07. The minimum absolute atomic E-state index is 0.0227. The zero-order chi connectivity index (χ0) is 39.4. The number of unbranched alkanes of at least 4 members (excludes halogenated alkanes) is 1. The Kier molecular flexibility index (Phi) is 12.1. The topological polar surface area (TPSA) is 106 Å². The number of fused-ring (bicyclic) bond motifs is 4. The molecule has 0 radical (unpaired) electrons. The van der Waals surface area contributed by atoms with Crippen molar-refractivity contribution < 1.29 is 33.7 Å². The van der Waals surface area contributed by atoms with E-state index < -0.39 is 11.9 Å². The van der Waals surface area contributed by atoms with Crippen LogP contribution >= 0.6 is 0 Å². The summed E-state index contributed by atoms with van der Waals surface area (Å²) in [4.78, 5) is 41.0. The van der Waals surface area contributed by atoms with E-state index in [4.69, 9.17) is 14.2 Å². The minimum Gasteiger partial charge on any atom is -0.481 e. The van der Waals surface area contributed by atoms with Crippen LogP contribution in [0.15, 0.2) is 0 Å². The lowest BCUT2D eigenvalue weighted by atomic mass is 9.46. The Labute approximate surface area is 327 Å². The van der Waals surface area contributed by atoms with Crippen molar-refractivity contribution in [2.24, 2.45) is 63.1 Å². The molecule has 0 aromatic carbocycles. The van der Waals surface area contributed by atoms with Gasteiger partial charge in [-0.05, 0) is 122 Å². The normalized spacial score (nSPS) is 42.8. The van der Waals surface area contributed by atoms with E-state index in [1.54, 1.807) is 4.90 Å². The Hall–Kier alpha value is -2.03. The molecule has 9 heteroatoms. The molecule has 9 nitrogen and oxygen atoms in total. The number of ether oxygens (including phenoxy) is 3. The predicted octanol–water partition coefficient (Wildman–Crippen LogP) is 10.1. The maximum absolute atomic E-state index is 13.3. The number of aliphatic carboxylic acids is 1. The molecule has 1 N–H and O–H groups in total. The van der Waals surface area contributed by atoms with Gasteiger partial charge in [-0.15, -0.1) is 0 Å². The van der Waals surface area contributed by atoms with Gasteiger partial charge in [0.15, 0.2) is 0 Å². The van der Waals surface area contributed by atoms with Gasteiger partial charge in [0.1, 0.15) is 12.2 Å². The highest BCUT2D eigenvalue weighted by molar-refractivity contribution is 5.74. The highest BCUT2D eigenvalue weighted by Crippen LogP contribution is 2.89. The molecule has 0 bridgehead atoms. The van der Waals surface area contributed by atoms with Crippen molar-refractivity contribution >= 4 is 18.2 Å². The first-order valence-electron chi connectivity index (χ1n) is 22.5. The molecule has 2 amide bonds. The minimum atomic E-state index is -0.825. The molecule has 5 saturated carbocycles. The van der Waals surface area contributed by atoms with Crippen molar-refractivity contribution in [2.45, 2.75) is 177 Å². The van der Waals surface area contributed by atoms with Crippen molar-refractivity contribution in [3.63, 3.8) is 0 Å². The Morgan fingerprint density at radius 2 is 1.50 bits per heavy atom. The lowest BCUT2D eigenvalue weighted by Gasteiger charge is -2.59. The zero-order valence-electron chi connectivity index (χ0n) is 35.7. The van der Waals surface area contributed by atoms with Crippen molar-refractivity contribution in [1.29, 1.82) is 0 Å². The average Bonchev–Trinajstić information content (AvgIpc) is 3.45. The molecule has 0 aromatic rings. The van der Waals surface area contributed by atoms with E-state index >= 15 is 0 Å². The van der Waals surface area contributed by atoms with Gasteiger partial charge in [0.25, 0.3) is 0 Å². The van der Waals surface area contributed by atoms with E-state index in [1.807, 2.05) is 18.7 Å². The zero-order valence-corrected chi connectivity index (χ0v) is 35.7. The highest BCUT2D eigenvalue weighted by atomic mass is 16.6. The molecule has 3 heterocycles. The van der Waals surface area contributed by atoms with Crippen molar-refractivity contribution in [2.75, 3.05) is 26.2 Å². The van der Waals surface area contributed by atoms with Crippen LogP contribution in [-0.4, -0.2) is 83.7 Å². The summed E-state index contributed by atoms with van der Waals surface area (Å²) in [5, 5.41) is 9.44. The second kappa shape index (κ2) is 15.7. The van der Waals surface area contributed by atoms with Gasteiger partial charge in [0.05, 0.1) is 18.1 Å². The van der Waals surface area contributed by atoms with Crippen LogP contribution in [-0.2, 0) is 19.0 Å². The lowest BCUT2D eigenvalue weighted by molar-refractivity contribution is -0.151. The Morgan fingerprint density at radius 1 is 0.815 bits per heavy atom. The standard InChI is InChI=1S/C39H60N2O7.C4H10.C2H6/c1-22(2)32(48-34(44)40-17-7-18-40)28-10-8-26-29(46-28)20-27-25-9-11-30-36(4,5)31(47-35(45)41-19-13-24(21-41)33(42)43)12-14-39(30)23(3)38(25,39)16-15-37(26,27)6;1-3-4-2;1-2/h22-32H,7-21H2,1-6H3,(H,42,43);3-4H2,1-2H3;1-2H3/t23-,24+,25?,26?,27?,28?,29?,30?,31-,32+,37+,38-,39?;;/m0../s1. The monoisotopic (exact) mass is 757 g/mol. The summed E-state index contributed by atoms with van der Waals surface area (Å²) in [6.07, 6.45) is 13.9. The van der Waals surface area contributed by atoms with Crippen LogP contribution in [0, 0.1) is 63.1 Å². The van der Waals surface area contributed by atoms with E-state index in [0.29, 0.717) is 58.8 Å². The molecule has 2 spiro atoms. The number of rotatable bonds is 6. The van der Waals surface area contributed by atoms with Gasteiger partial charge in [-0.1, -0.05) is 82.1 Å². The third-order valence-corrected chi connectivity index (χ3v) is 17.1. The average molecular weight is 757 g/mol. The van der Waals surface area contributed by atoms with E-state index in [9.17, 15) is 19.5 Å². The van der Waals surface area contributed by atoms with Gasteiger partial charge >= 0.3 is 18.2 Å². The Morgan fingerprint density at radius 3 is 2.09 bits per heavy atom. The predicted molar refractivity (Wildman–Crippen MR) is 211 cm³/mol. The number of nitrogens with zero attached hydrogens (tertiary/aromatic N) is 2. The molecule has 5 aliphatic carbocycles. The number of carboxylic acids is 1. The van der Waals surface area contributed by atoms with Crippen molar-refractivity contribution in [3.05, 3.63) is 0 Å². The smallest absolute Gasteiger partial charge is 0.410 e. The maximum atomic E-state index is 13.3. The van der Waals surface area contributed by atoms with Crippen LogP contribution in [0.25, 0.3) is 0 Å². The quantitative estimate of drug-likeness (QED) is 0.288. The number of hydrogen-bond acceptors (Lipinski definition) is 6. The number of carboxylic acid groups (broad SMARTS) is 1. The largest absolute Gasteiger partial charge is 0.481 e. The van der Waals surface area contributed by atoms with E-state index in [1.165, 1.54) is 44.9 Å². The molecule has 8 fully saturated rings. The SMILES string of the molecule is CC.CC(C)[C@@H](OC(=O)N1CCC1)C1CCC2C(CC3C4CCC5C(C)(C)[C@@H](OC(=O)N6CC[C@@H](C(=O)O)C6)CCC56[C@@H](C)[C@@]46CC[C@]23C)O1.CCCC. The molecule has 8 rings (SSSR count). The summed E-state index contributed by atoms with van der Waals surface area (Å²) < 4.78 is 19.5. The second-order valence-corrected chi connectivity index (χ2v) is 19.7. The fourth-order valence-corrected chi connectivity index (χ4v) is 14.1. The molecule has 3 aliphatic heterocycles. The van der Waals surface area contributed by atoms with Crippen LogP contribution in [0.5, 0.6) is 0 Å². The van der Waals surface area contributed by atoms with Gasteiger partial charge in [0, 0.05) is 31.6 Å². The summed E-state index contributed by atoms with van der Waals surface area (Å²) in [6, 6.07) is 0. The summed E-state index contributed by atoms with van der Waals surface area (Å²) in [5.41, 5.74) is 0.866. The van der Waals surface area contributed by atoms with Gasteiger partial charge in [0.2, 0.25) is 0 Å². The van der Waals surface area contributed by atoms with E-state index in [-0.39, 0.29) is 54.5 Å². The number of likely N-dealkylation sites (tertiary alicyclic amines) is 2. The van der Waals surface area contributed by atoms with Crippen LogP contribution < -0.4 is 0 Å². The van der Waals surface area contributed by atoms with Crippen molar-refractivity contribution in [3.8, 4) is 0 Å². The number of hydrogen-bond donors (Lipinski definition) is 1. The third kappa shape index (κ3) is 6.48. The fourth-order valence-electron chi connectivity index (χ4n) is 14.1. The molecule has 7 unspecified atom stereocenters. The van der Waals surface area contributed by atoms with Gasteiger partial charge < -0.3 is 29.1 Å². The second-order valence-electron chi connectivity index (χ2n) is 19.7. The molecule has 54 heavy (non-hydrogen) atoms. The Bertz CT molecular complexity index is 1360. The molecule has 0 aromatic heterocycles. The van der Waals surface area contributed by atoms with E-state index in [2.05, 4.69) is 55.4 Å². The van der Waals surface area contributed by atoms with Crippen LogP contribution in [0.2, 0.25) is 0 Å². The summed E-state index contributed by atoms with van der Waals surface area (Å²) >= 11 is 0. The van der Waals surface area contributed by atoms with Crippen LogP contribution in [0.1, 0.15) is 153 Å². The summed E-state index contributed by atoms with van der Waals surface area (Å²) in [7, 11) is 0. The third-order valence-electron chi connectivity index (χ3n) is 17.1. The molecule has 3 saturated heterocycles. The number of carbonyl (C=O) groups is 3. The van der Waals surface area contributed by atoms with Crippen LogP contribution in [0.4, 0.5) is 9.59 Å². The van der Waals surface area contributed by atoms with Gasteiger partial charge in [-0.25, -0.2) is 9.59 Å². The first-order valence-corrected chi connectivity index (χ1v) is 22.5. The summed E-state index contributed by atoms with van der Waals surface area (Å²) in [6.45, 7) is 24.9. The molecule has 308 valence electrons. The molecule has 8 aliphatic rings.